The van der Waals surface area contributed by atoms with Gasteiger partial charge in [0.15, 0.2) is 0 Å². The van der Waals surface area contributed by atoms with E-state index in [4.69, 9.17) is 0 Å². The summed E-state index contributed by atoms with van der Waals surface area (Å²) in [4.78, 5) is -1.47. The monoisotopic (exact) mass is 621 g/mol. The van der Waals surface area contributed by atoms with E-state index in [0.29, 0.717) is 22.8 Å². The summed E-state index contributed by atoms with van der Waals surface area (Å²) in [6.45, 7) is 7.60. The molecule has 13 heteroatoms. The fourth-order valence-corrected chi connectivity index (χ4v) is 6.57. The Morgan fingerprint density at radius 3 is 2.15 bits per heavy atom. The Labute approximate surface area is 240 Å². The van der Waals surface area contributed by atoms with E-state index < -0.39 is 51.3 Å². The minimum Gasteiger partial charge on any atom is -0.362 e. The molecule has 0 aliphatic rings. The van der Waals surface area contributed by atoms with E-state index in [2.05, 4.69) is 11.9 Å². The third-order valence-corrected chi connectivity index (χ3v) is 9.25. The Hall–Kier alpha value is -3.33. The van der Waals surface area contributed by atoms with Gasteiger partial charge in [-0.3, -0.25) is 13.7 Å². The highest BCUT2D eigenvalue weighted by atomic mass is 32.2. The second-order valence-electron chi connectivity index (χ2n) is 9.70. The van der Waals surface area contributed by atoms with Crippen LogP contribution in [0.2, 0.25) is 0 Å². The van der Waals surface area contributed by atoms with Gasteiger partial charge in [-0.1, -0.05) is 56.0 Å². The SMILES string of the molecule is C=C(/C=C/C=C/Nc1ccccc1)C(C)(CCCS(=O)(=O)O)c1c(C)ccc2c(S(=O)(=O)O)cc(S(=O)(=O)O)cc12. The van der Waals surface area contributed by atoms with E-state index in [1.807, 2.05) is 30.3 Å². The van der Waals surface area contributed by atoms with Crippen LogP contribution >= 0.6 is 0 Å². The number of rotatable bonds is 12. The van der Waals surface area contributed by atoms with Crippen molar-refractivity contribution in [1.82, 2.24) is 0 Å². The first-order chi connectivity index (χ1) is 18.9. The molecule has 0 bridgehead atoms. The molecule has 0 radical (unpaired) electrons. The molecule has 4 N–H and O–H groups in total. The molecular formula is C28H31NO9S3. The highest BCUT2D eigenvalue weighted by Gasteiger charge is 2.34. The second kappa shape index (κ2) is 12.3. The number of fused-ring (bicyclic) bond motifs is 1. The van der Waals surface area contributed by atoms with Gasteiger partial charge in [-0.2, -0.15) is 25.3 Å². The number of para-hydroxylation sites is 1. The zero-order chi connectivity index (χ0) is 30.6. The quantitative estimate of drug-likeness (QED) is 0.153. The van der Waals surface area contributed by atoms with Crippen LogP contribution in [0.3, 0.4) is 0 Å². The van der Waals surface area contributed by atoms with Gasteiger partial charge in [0, 0.05) is 22.7 Å². The normalized spacial score (nSPS) is 14.5. The Kier molecular flexibility index (Phi) is 9.63. The maximum absolute atomic E-state index is 12.2. The largest absolute Gasteiger partial charge is 0.362 e. The molecule has 220 valence electrons. The Balaban J connectivity index is 2.20. The van der Waals surface area contributed by atoms with Crippen LogP contribution in [0.1, 0.15) is 30.9 Å². The van der Waals surface area contributed by atoms with Crippen LogP contribution in [-0.2, 0) is 35.8 Å². The molecule has 0 saturated heterocycles. The molecule has 0 heterocycles. The smallest absolute Gasteiger partial charge is 0.295 e. The maximum Gasteiger partial charge on any atom is 0.295 e. The summed E-state index contributed by atoms with van der Waals surface area (Å²) in [5.74, 6) is -0.559. The Morgan fingerprint density at radius 1 is 0.902 bits per heavy atom. The molecular weight excluding hydrogens is 591 g/mol. The minimum absolute atomic E-state index is 0.00904. The minimum atomic E-state index is -4.93. The van der Waals surface area contributed by atoms with Crippen LogP contribution in [0.15, 0.2) is 101 Å². The molecule has 1 unspecified atom stereocenters. The van der Waals surface area contributed by atoms with Gasteiger partial charge in [0.05, 0.1) is 10.6 Å². The topological polar surface area (TPSA) is 175 Å². The molecule has 0 fully saturated rings. The molecule has 0 aliphatic heterocycles. The fraction of sp³-hybridized carbons (Fsp3) is 0.214. The van der Waals surface area contributed by atoms with Crippen LogP contribution in [0.25, 0.3) is 10.8 Å². The van der Waals surface area contributed by atoms with Gasteiger partial charge in [-0.25, -0.2) is 0 Å². The number of hydrogen-bond acceptors (Lipinski definition) is 7. The molecule has 3 rings (SSSR count). The maximum atomic E-state index is 12.2. The van der Waals surface area contributed by atoms with Crippen molar-refractivity contribution >= 4 is 46.8 Å². The van der Waals surface area contributed by atoms with E-state index in [1.165, 1.54) is 6.07 Å². The molecule has 0 aromatic heterocycles. The van der Waals surface area contributed by atoms with E-state index in [0.717, 1.165) is 11.8 Å². The number of nitrogens with one attached hydrogen (secondary N) is 1. The number of hydrogen-bond donors (Lipinski definition) is 4. The van der Waals surface area contributed by atoms with Gasteiger partial charge in [0.25, 0.3) is 30.4 Å². The summed E-state index contributed by atoms with van der Waals surface area (Å²) in [7, 11) is -14.1. The molecule has 0 saturated carbocycles. The van der Waals surface area contributed by atoms with Gasteiger partial charge in [-0.15, -0.1) is 0 Å². The molecule has 0 aliphatic carbocycles. The highest BCUT2D eigenvalue weighted by molar-refractivity contribution is 7.87. The fourth-order valence-electron chi connectivity index (χ4n) is 4.72. The summed E-state index contributed by atoms with van der Waals surface area (Å²) in [6.07, 6.45) is 6.83. The van der Waals surface area contributed by atoms with Crippen molar-refractivity contribution in [3.05, 3.63) is 102 Å². The van der Waals surface area contributed by atoms with E-state index in [1.54, 1.807) is 44.3 Å². The summed E-state index contributed by atoms with van der Waals surface area (Å²) in [6, 6.07) is 14.1. The van der Waals surface area contributed by atoms with Crippen molar-refractivity contribution in [3.63, 3.8) is 0 Å². The van der Waals surface area contributed by atoms with Crippen LogP contribution in [0, 0.1) is 6.92 Å². The van der Waals surface area contributed by atoms with Crippen LogP contribution in [0.5, 0.6) is 0 Å². The molecule has 0 spiro atoms. The first kappa shape index (κ1) is 32.2. The van der Waals surface area contributed by atoms with Gasteiger partial charge >= 0.3 is 0 Å². The summed E-state index contributed by atoms with van der Waals surface area (Å²) < 4.78 is 101. The summed E-state index contributed by atoms with van der Waals surface area (Å²) in [5, 5.41) is 3.18. The molecule has 3 aromatic carbocycles. The predicted octanol–water partition coefficient (Wildman–Crippen LogP) is 5.31. The van der Waals surface area contributed by atoms with Crippen LogP contribution in [0.4, 0.5) is 5.69 Å². The third kappa shape index (κ3) is 8.12. The van der Waals surface area contributed by atoms with Crippen molar-refractivity contribution in [1.29, 1.82) is 0 Å². The van der Waals surface area contributed by atoms with E-state index >= 15 is 0 Å². The van der Waals surface area contributed by atoms with Crippen molar-refractivity contribution < 1.29 is 38.9 Å². The van der Waals surface area contributed by atoms with Crippen molar-refractivity contribution in [2.45, 2.75) is 41.9 Å². The highest BCUT2D eigenvalue weighted by Crippen LogP contribution is 2.44. The predicted molar refractivity (Wildman–Crippen MR) is 159 cm³/mol. The number of anilines is 1. The van der Waals surface area contributed by atoms with Gasteiger partial charge < -0.3 is 5.32 Å². The average molecular weight is 622 g/mol. The van der Waals surface area contributed by atoms with Crippen LogP contribution < -0.4 is 5.32 Å². The van der Waals surface area contributed by atoms with Gasteiger partial charge in [-0.05, 0) is 72.2 Å². The summed E-state index contributed by atoms with van der Waals surface area (Å²) >= 11 is 0. The molecule has 41 heavy (non-hydrogen) atoms. The van der Waals surface area contributed by atoms with Crippen molar-refractivity contribution in [2.24, 2.45) is 0 Å². The second-order valence-corrected chi connectivity index (χ2v) is 14.1. The zero-order valence-electron chi connectivity index (χ0n) is 22.3. The lowest BCUT2D eigenvalue weighted by Gasteiger charge is -2.34. The van der Waals surface area contributed by atoms with E-state index in [9.17, 15) is 38.9 Å². The average Bonchev–Trinajstić information content (AvgIpc) is 2.86. The summed E-state index contributed by atoms with van der Waals surface area (Å²) in [5.41, 5.74) is 1.18. The Morgan fingerprint density at radius 2 is 1.56 bits per heavy atom. The standard InChI is InChI=1S/C28H31NO9S3/c1-20-13-14-24-25(18-23(40(33,34)35)19-26(24)41(36,37)38)27(20)28(3,15-9-17-39(30,31)32)21(2)10-7-8-16-29-22-11-5-4-6-12-22/h4-8,10-14,16,18-19,29H,2,9,15,17H2,1,3H3,(H,30,31,32)(H,33,34,35)(H,36,37,38)/b10-7+,16-8+. The van der Waals surface area contributed by atoms with Gasteiger partial charge in [0.1, 0.15) is 4.90 Å². The molecule has 3 aromatic rings. The lowest BCUT2D eigenvalue weighted by Crippen LogP contribution is -2.26. The molecule has 10 nitrogen and oxygen atoms in total. The number of aryl methyl sites for hydroxylation is 1. The lowest BCUT2D eigenvalue weighted by atomic mass is 9.70. The first-order valence-electron chi connectivity index (χ1n) is 12.3. The Bertz CT molecular complexity index is 1850. The zero-order valence-corrected chi connectivity index (χ0v) is 24.8. The van der Waals surface area contributed by atoms with Crippen molar-refractivity contribution in [2.75, 3.05) is 11.1 Å². The lowest BCUT2D eigenvalue weighted by molar-refractivity contribution is 0.466. The van der Waals surface area contributed by atoms with Gasteiger partial charge in [0.2, 0.25) is 0 Å². The first-order valence-corrected chi connectivity index (χ1v) is 16.7. The molecule has 0 amide bonds. The van der Waals surface area contributed by atoms with E-state index in [-0.39, 0.29) is 23.6 Å². The van der Waals surface area contributed by atoms with Crippen molar-refractivity contribution in [3.8, 4) is 0 Å². The number of allylic oxidation sites excluding steroid dienone is 4. The molecule has 1 atom stereocenters. The third-order valence-electron chi connectivity index (χ3n) is 6.72. The van der Waals surface area contributed by atoms with Crippen LogP contribution in [-0.4, -0.2) is 44.7 Å². The number of benzene rings is 3.